The van der Waals surface area contributed by atoms with Crippen molar-refractivity contribution < 1.29 is 10.0 Å². The highest BCUT2D eigenvalue weighted by Crippen LogP contribution is 2.03. The first-order chi connectivity index (χ1) is 6.32. The third-order valence-corrected chi connectivity index (χ3v) is 4.46. The molecule has 0 fully saturated rings. The molecular formula is C10H17BO2Si. The van der Waals surface area contributed by atoms with Gasteiger partial charge in [0.25, 0.3) is 0 Å². The Morgan fingerprint density at radius 3 is 2.07 bits per heavy atom. The van der Waals surface area contributed by atoms with E-state index in [-0.39, 0.29) is 0 Å². The molecule has 1 rings (SSSR count). The predicted octanol–water partition coefficient (Wildman–Crippen LogP) is 0.220. The molecule has 0 aliphatic rings. The Labute approximate surface area is 86.8 Å². The standard InChI is InChI=1S/C10H17BO2Si/c1-8-7-9(14(2,3)4)5-6-10(8)11(12)13/h5-7,12-13H,1-4H3. The second kappa shape index (κ2) is 3.89. The Balaban J connectivity index is 3.13. The molecule has 0 atom stereocenters. The molecule has 1 aromatic rings. The molecule has 1 aromatic carbocycles. The third-order valence-electron chi connectivity index (χ3n) is 2.41. The molecule has 0 aromatic heterocycles. The van der Waals surface area contributed by atoms with Gasteiger partial charge >= 0.3 is 7.12 Å². The van der Waals surface area contributed by atoms with Crippen LogP contribution in [-0.4, -0.2) is 25.2 Å². The van der Waals surface area contributed by atoms with Crippen molar-refractivity contribution in [2.75, 3.05) is 0 Å². The summed E-state index contributed by atoms with van der Waals surface area (Å²) in [6.07, 6.45) is 0. The van der Waals surface area contributed by atoms with Gasteiger partial charge in [-0.15, -0.1) is 0 Å². The summed E-state index contributed by atoms with van der Waals surface area (Å²) in [5.41, 5.74) is 1.56. The van der Waals surface area contributed by atoms with Gasteiger partial charge in [0.1, 0.15) is 0 Å². The lowest BCUT2D eigenvalue weighted by atomic mass is 9.77. The molecule has 0 radical (unpaired) electrons. The normalized spacial score (nSPS) is 11.6. The van der Waals surface area contributed by atoms with Crippen molar-refractivity contribution >= 4 is 25.8 Å². The molecule has 0 bridgehead atoms. The van der Waals surface area contributed by atoms with Crippen molar-refractivity contribution in [3.63, 3.8) is 0 Å². The van der Waals surface area contributed by atoms with E-state index in [1.165, 1.54) is 5.19 Å². The van der Waals surface area contributed by atoms with Crippen LogP contribution in [0.4, 0.5) is 0 Å². The maximum absolute atomic E-state index is 9.07. The Kier molecular flexibility index (Phi) is 3.19. The average molecular weight is 208 g/mol. The Bertz CT molecular complexity index is 331. The first-order valence-electron chi connectivity index (χ1n) is 4.79. The summed E-state index contributed by atoms with van der Waals surface area (Å²) in [5, 5.41) is 19.5. The molecule has 0 heterocycles. The van der Waals surface area contributed by atoms with Crippen molar-refractivity contribution in [2.45, 2.75) is 26.6 Å². The van der Waals surface area contributed by atoms with Gasteiger partial charge in [-0.25, -0.2) is 0 Å². The number of rotatable bonds is 2. The van der Waals surface area contributed by atoms with Gasteiger partial charge in [-0.3, -0.25) is 0 Å². The van der Waals surface area contributed by atoms with Crippen LogP contribution in [0.1, 0.15) is 5.56 Å². The fraction of sp³-hybridized carbons (Fsp3) is 0.400. The van der Waals surface area contributed by atoms with Crippen LogP contribution < -0.4 is 10.6 Å². The predicted molar refractivity (Wildman–Crippen MR) is 64.0 cm³/mol. The van der Waals surface area contributed by atoms with E-state index >= 15 is 0 Å². The van der Waals surface area contributed by atoms with E-state index in [0.717, 1.165) is 5.56 Å². The van der Waals surface area contributed by atoms with Crippen LogP contribution in [0, 0.1) is 6.92 Å². The molecule has 0 saturated heterocycles. The van der Waals surface area contributed by atoms with Crippen LogP contribution in [0.25, 0.3) is 0 Å². The average Bonchev–Trinajstić information content (AvgIpc) is 2.01. The van der Waals surface area contributed by atoms with E-state index in [9.17, 15) is 0 Å². The summed E-state index contributed by atoms with van der Waals surface area (Å²) in [6, 6.07) is 5.89. The fourth-order valence-electron chi connectivity index (χ4n) is 1.43. The van der Waals surface area contributed by atoms with Crippen LogP contribution >= 0.6 is 0 Å². The third kappa shape index (κ3) is 2.47. The number of aryl methyl sites for hydroxylation is 1. The van der Waals surface area contributed by atoms with Gasteiger partial charge in [0.15, 0.2) is 0 Å². The van der Waals surface area contributed by atoms with Crippen LogP contribution in [0.3, 0.4) is 0 Å². The molecule has 0 spiro atoms. The molecule has 2 N–H and O–H groups in total. The Morgan fingerprint density at radius 2 is 1.71 bits per heavy atom. The van der Waals surface area contributed by atoms with Gasteiger partial charge in [-0.05, 0) is 12.4 Å². The molecule has 0 unspecified atom stereocenters. The summed E-state index contributed by atoms with van der Waals surface area (Å²) < 4.78 is 0. The molecular weight excluding hydrogens is 191 g/mol. The first-order valence-corrected chi connectivity index (χ1v) is 8.29. The molecule has 0 saturated carbocycles. The summed E-state index contributed by atoms with van der Waals surface area (Å²) in [6.45, 7) is 8.74. The zero-order valence-electron chi connectivity index (χ0n) is 9.20. The lowest BCUT2D eigenvalue weighted by molar-refractivity contribution is 0.425. The van der Waals surface area contributed by atoms with Gasteiger partial charge in [-0.2, -0.15) is 0 Å². The van der Waals surface area contributed by atoms with E-state index in [0.29, 0.717) is 5.46 Å². The molecule has 2 nitrogen and oxygen atoms in total. The van der Waals surface area contributed by atoms with E-state index < -0.39 is 15.2 Å². The highest BCUT2D eigenvalue weighted by Gasteiger charge is 2.19. The molecule has 14 heavy (non-hydrogen) atoms. The quantitative estimate of drug-likeness (QED) is 0.682. The first kappa shape index (κ1) is 11.5. The Morgan fingerprint density at radius 1 is 1.14 bits per heavy atom. The lowest BCUT2D eigenvalue weighted by Gasteiger charge is -2.18. The van der Waals surface area contributed by atoms with E-state index in [1.807, 2.05) is 19.1 Å². The number of benzene rings is 1. The monoisotopic (exact) mass is 208 g/mol. The highest BCUT2D eigenvalue weighted by molar-refractivity contribution is 6.88. The van der Waals surface area contributed by atoms with Crippen LogP contribution in [-0.2, 0) is 0 Å². The fourth-order valence-corrected chi connectivity index (χ4v) is 2.66. The topological polar surface area (TPSA) is 40.5 Å². The van der Waals surface area contributed by atoms with Crippen LogP contribution in [0.15, 0.2) is 18.2 Å². The van der Waals surface area contributed by atoms with E-state index in [2.05, 4.69) is 25.7 Å². The van der Waals surface area contributed by atoms with Crippen LogP contribution in [0.5, 0.6) is 0 Å². The SMILES string of the molecule is Cc1cc([Si](C)(C)C)ccc1B(O)O. The van der Waals surface area contributed by atoms with Gasteiger partial charge < -0.3 is 10.0 Å². The summed E-state index contributed by atoms with van der Waals surface area (Å²) in [7, 11) is -2.64. The van der Waals surface area contributed by atoms with E-state index in [4.69, 9.17) is 10.0 Å². The molecule has 4 heteroatoms. The minimum absolute atomic E-state index is 0.604. The van der Waals surface area contributed by atoms with Crippen molar-refractivity contribution in [3.8, 4) is 0 Å². The second-order valence-corrected chi connectivity index (χ2v) is 9.77. The number of hydrogen-bond acceptors (Lipinski definition) is 2. The summed E-state index contributed by atoms with van der Waals surface area (Å²) >= 11 is 0. The zero-order chi connectivity index (χ0) is 10.9. The smallest absolute Gasteiger partial charge is 0.423 e. The van der Waals surface area contributed by atoms with Crippen LogP contribution in [0.2, 0.25) is 19.6 Å². The van der Waals surface area contributed by atoms with Gasteiger partial charge in [0.05, 0.1) is 8.07 Å². The molecule has 76 valence electrons. The van der Waals surface area contributed by atoms with Gasteiger partial charge in [0.2, 0.25) is 0 Å². The minimum atomic E-state index is -1.36. The molecule has 0 amide bonds. The van der Waals surface area contributed by atoms with E-state index in [1.54, 1.807) is 0 Å². The van der Waals surface area contributed by atoms with Gasteiger partial charge in [0, 0.05) is 0 Å². The number of hydrogen-bond donors (Lipinski definition) is 2. The zero-order valence-corrected chi connectivity index (χ0v) is 10.2. The lowest BCUT2D eigenvalue weighted by Crippen LogP contribution is -2.41. The Hall–Kier alpha value is -0.578. The van der Waals surface area contributed by atoms with Crippen molar-refractivity contribution in [1.29, 1.82) is 0 Å². The maximum Gasteiger partial charge on any atom is 0.488 e. The maximum atomic E-state index is 9.07. The largest absolute Gasteiger partial charge is 0.488 e. The second-order valence-electron chi connectivity index (χ2n) is 4.70. The van der Waals surface area contributed by atoms with Crippen molar-refractivity contribution in [3.05, 3.63) is 23.8 Å². The van der Waals surface area contributed by atoms with Crippen molar-refractivity contribution in [1.82, 2.24) is 0 Å². The highest BCUT2D eigenvalue weighted by atomic mass is 28.3. The van der Waals surface area contributed by atoms with Gasteiger partial charge in [-0.1, -0.05) is 48.6 Å². The summed E-state index contributed by atoms with van der Waals surface area (Å²) in [5.74, 6) is 0. The minimum Gasteiger partial charge on any atom is -0.423 e. The van der Waals surface area contributed by atoms with Crippen molar-refractivity contribution in [2.24, 2.45) is 0 Å². The molecule has 0 aliphatic carbocycles. The summed E-state index contributed by atoms with van der Waals surface area (Å²) in [4.78, 5) is 0. The molecule has 0 aliphatic heterocycles.